The summed E-state index contributed by atoms with van der Waals surface area (Å²) < 4.78 is 5.24. The lowest BCUT2D eigenvalue weighted by atomic mass is 9.89. The smallest absolute Gasteiger partial charge is 0.143 e. The first kappa shape index (κ1) is 11.7. The van der Waals surface area contributed by atoms with Crippen molar-refractivity contribution in [2.75, 3.05) is 24.7 Å². The largest absolute Gasteiger partial charge is 0.495 e. The van der Waals surface area contributed by atoms with Crippen molar-refractivity contribution in [1.29, 1.82) is 0 Å². The summed E-state index contributed by atoms with van der Waals surface area (Å²) in [5, 5.41) is 3.51. The Morgan fingerprint density at radius 1 is 1.33 bits per heavy atom. The van der Waals surface area contributed by atoms with Crippen molar-refractivity contribution in [3.63, 3.8) is 0 Å². The minimum atomic E-state index is 0.725. The summed E-state index contributed by atoms with van der Waals surface area (Å²) in [6.07, 6.45) is 5.76. The van der Waals surface area contributed by atoms with Gasteiger partial charge in [-0.1, -0.05) is 12.5 Å². The van der Waals surface area contributed by atoms with Crippen molar-refractivity contribution in [1.82, 2.24) is 0 Å². The molecule has 1 aromatic carbocycles. The zero-order chi connectivity index (χ0) is 12.5. The van der Waals surface area contributed by atoms with E-state index in [0.717, 1.165) is 41.4 Å². The number of anilines is 2. The first-order chi connectivity index (χ1) is 8.78. The molecule has 0 saturated heterocycles. The van der Waals surface area contributed by atoms with Crippen LogP contribution in [0.1, 0.15) is 25.7 Å². The van der Waals surface area contributed by atoms with Crippen molar-refractivity contribution in [3.05, 3.63) is 18.2 Å². The molecular weight excluding hydrogens is 224 g/mol. The van der Waals surface area contributed by atoms with Crippen LogP contribution in [0.2, 0.25) is 0 Å². The highest BCUT2D eigenvalue weighted by molar-refractivity contribution is 5.72. The quantitative estimate of drug-likeness (QED) is 0.802. The molecule has 3 rings (SSSR count). The van der Waals surface area contributed by atoms with Gasteiger partial charge in [-0.05, 0) is 49.1 Å². The van der Waals surface area contributed by atoms with E-state index in [1.54, 1.807) is 7.11 Å². The van der Waals surface area contributed by atoms with Crippen LogP contribution in [0.3, 0.4) is 0 Å². The van der Waals surface area contributed by atoms with Crippen molar-refractivity contribution in [2.45, 2.75) is 25.7 Å². The average molecular weight is 246 g/mol. The van der Waals surface area contributed by atoms with Crippen LogP contribution >= 0.6 is 0 Å². The van der Waals surface area contributed by atoms with Gasteiger partial charge in [-0.15, -0.1) is 0 Å². The van der Waals surface area contributed by atoms with Gasteiger partial charge in [0.25, 0.3) is 0 Å². The molecule has 98 valence electrons. The number of rotatable bonds is 4. The molecule has 1 aromatic rings. The van der Waals surface area contributed by atoms with Gasteiger partial charge in [0.15, 0.2) is 0 Å². The number of hydrogen-bond acceptors (Lipinski definition) is 3. The first-order valence-electron chi connectivity index (χ1n) is 6.94. The normalized spacial score (nSPS) is 29.5. The molecule has 0 aliphatic heterocycles. The van der Waals surface area contributed by atoms with Gasteiger partial charge in [-0.25, -0.2) is 0 Å². The second kappa shape index (κ2) is 4.71. The first-order valence-corrected chi connectivity index (χ1v) is 6.94. The van der Waals surface area contributed by atoms with Crippen LogP contribution in [0.4, 0.5) is 11.4 Å². The fourth-order valence-corrected chi connectivity index (χ4v) is 3.74. The van der Waals surface area contributed by atoms with Gasteiger partial charge in [0.1, 0.15) is 5.75 Å². The predicted molar refractivity (Wildman–Crippen MR) is 74.8 cm³/mol. The van der Waals surface area contributed by atoms with Crippen LogP contribution in [0, 0.1) is 17.8 Å². The molecule has 2 aliphatic carbocycles. The molecule has 0 spiro atoms. The van der Waals surface area contributed by atoms with E-state index < -0.39 is 0 Å². The third-order valence-corrected chi connectivity index (χ3v) is 4.73. The predicted octanol–water partition coefficient (Wildman–Crippen LogP) is 3.13. The van der Waals surface area contributed by atoms with Crippen LogP contribution in [0.25, 0.3) is 0 Å². The molecule has 3 unspecified atom stereocenters. The Hall–Kier alpha value is -1.38. The van der Waals surface area contributed by atoms with Crippen LogP contribution in [0.15, 0.2) is 18.2 Å². The van der Waals surface area contributed by atoms with Crippen LogP contribution in [-0.4, -0.2) is 13.7 Å². The van der Waals surface area contributed by atoms with E-state index in [4.69, 9.17) is 10.5 Å². The van der Waals surface area contributed by atoms with Gasteiger partial charge < -0.3 is 15.8 Å². The molecule has 2 fully saturated rings. The zero-order valence-electron chi connectivity index (χ0n) is 11.0. The summed E-state index contributed by atoms with van der Waals surface area (Å²) in [6, 6.07) is 5.92. The van der Waals surface area contributed by atoms with E-state index in [9.17, 15) is 0 Å². The third kappa shape index (κ3) is 2.02. The number of hydrogen-bond donors (Lipinski definition) is 2. The fourth-order valence-electron chi connectivity index (χ4n) is 3.74. The SMILES string of the molecule is COc1cccc(NCC2CC3CCC2C3)c1N. The maximum Gasteiger partial charge on any atom is 0.143 e. The van der Waals surface area contributed by atoms with Gasteiger partial charge in [0.2, 0.25) is 0 Å². The van der Waals surface area contributed by atoms with Gasteiger partial charge in [-0.2, -0.15) is 0 Å². The van der Waals surface area contributed by atoms with Crippen LogP contribution in [-0.2, 0) is 0 Å². The molecule has 3 atom stereocenters. The number of benzene rings is 1. The van der Waals surface area contributed by atoms with E-state index in [1.807, 2.05) is 18.2 Å². The summed E-state index contributed by atoms with van der Waals surface area (Å²) in [6.45, 7) is 1.05. The lowest BCUT2D eigenvalue weighted by molar-refractivity contribution is 0.348. The van der Waals surface area contributed by atoms with Crippen molar-refractivity contribution in [3.8, 4) is 5.75 Å². The summed E-state index contributed by atoms with van der Waals surface area (Å²) in [7, 11) is 1.66. The van der Waals surface area contributed by atoms with Crippen molar-refractivity contribution in [2.24, 2.45) is 17.8 Å². The van der Waals surface area contributed by atoms with E-state index in [0.29, 0.717) is 0 Å². The lowest BCUT2D eigenvalue weighted by Crippen LogP contribution is -2.20. The summed E-state index contributed by atoms with van der Waals surface area (Å²) >= 11 is 0. The molecule has 18 heavy (non-hydrogen) atoms. The molecule has 2 saturated carbocycles. The number of fused-ring (bicyclic) bond motifs is 2. The number of nitrogen functional groups attached to an aromatic ring is 1. The van der Waals surface area contributed by atoms with Crippen molar-refractivity contribution >= 4 is 11.4 Å². The second-order valence-electron chi connectivity index (χ2n) is 5.74. The number of methoxy groups -OCH3 is 1. The summed E-state index contributed by atoms with van der Waals surface area (Å²) in [5.41, 5.74) is 7.80. The standard InChI is InChI=1S/C15H22N2O/c1-18-14-4-2-3-13(15(14)16)17-9-12-8-10-5-6-11(12)7-10/h2-4,10-12,17H,5-9,16H2,1H3. The number of para-hydroxylation sites is 1. The molecule has 3 heteroatoms. The van der Waals surface area contributed by atoms with Gasteiger partial charge in [0, 0.05) is 6.54 Å². The summed E-state index contributed by atoms with van der Waals surface area (Å²) in [4.78, 5) is 0. The lowest BCUT2D eigenvalue weighted by Gasteiger charge is -2.23. The minimum Gasteiger partial charge on any atom is -0.495 e. The topological polar surface area (TPSA) is 47.3 Å². The Morgan fingerprint density at radius 3 is 2.89 bits per heavy atom. The summed E-state index contributed by atoms with van der Waals surface area (Å²) in [5.74, 6) is 3.56. The molecule has 2 bridgehead atoms. The Balaban J connectivity index is 1.63. The van der Waals surface area contributed by atoms with E-state index in [1.165, 1.54) is 25.7 Å². The Labute approximate surface area is 109 Å². The molecule has 0 amide bonds. The number of nitrogens with one attached hydrogen (secondary N) is 1. The van der Waals surface area contributed by atoms with Crippen LogP contribution in [0.5, 0.6) is 5.75 Å². The Kier molecular flexibility index (Phi) is 3.06. The Morgan fingerprint density at radius 2 is 2.22 bits per heavy atom. The minimum absolute atomic E-state index is 0.725. The maximum absolute atomic E-state index is 6.07. The van der Waals surface area contributed by atoms with Gasteiger partial charge in [0.05, 0.1) is 18.5 Å². The molecule has 0 aromatic heterocycles. The number of nitrogens with two attached hydrogens (primary N) is 1. The molecule has 3 nitrogen and oxygen atoms in total. The monoisotopic (exact) mass is 246 g/mol. The van der Waals surface area contributed by atoms with E-state index in [2.05, 4.69) is 5.32 Å². The van der Waals surface area contributed by atoms with Gasteiger partial charge >= 0.3 is 0 Å². The van der Waals surface area contributed by atoms with E-state index in [-0.39, 0.29) is 0 Å². The van der Waals surface area contributed by atoms with Crippen LogP contribution < -0.4 is 15.8 Å². The average Bonchev–Trinajstić information content (AvgIpc) is 3.00. The third-order valence-electron chi connectivity index (χ3n) is 4.73. The second-order valence-corrected chi connectivity index (χ2v) is 5.74. The molecular formula is C15H22N2O. The van der Waals surface area contributed by atoms with Crippen molar-refractivity contribution < 1.29 is 4.74 Å². The molecule has 0 radical (unpaired) electrons. The van der Waals surface area contributed by atoms with E-state index >= 15 is 0 Å². The number of ether oxygens (including phenoxy) is 1. The molecule has 2 aliphatic rings. The highest BCUT2D eigenvalue weighted by Gasteiger charge is 2.39. The maximum atomic E-state index is 6.07. The van der Waals surface area contributed by atoms with Gasteiger partial charge in [-0.3, -0.25) is 0 Å². The molecule has 3 N–H and O–H groups in total. The Bertz CT molecular complexity index is 433. The fraction of sp³-hybridized carbons (Fsp3) is 0.600. The zero-order valence-corrected chi connectivity index (χ0v) is 11.0. The highest BCUT2D eigenvalue weighted by Crippen LogP contribution is 2.48. The molecule has 0 heterocycles. The highest BCUT2D eigenvalue weighted by atomic mass is 16.5.